The fourth-order valence-electron chi connectivity index (χ4n) is 2.92. The van der Waals surface area contributed by atoms with Gasteiger partial charge in [-0.3, -0.25) is 9.69 Å². The topological polar surface area (TPSA) is 72.3 Å². The maximum atomic E-state index is 13.1. The lowest BCUT2D eigenvalue weighted by atomic mass is 10.1. The number of aromatic nitrogens is 3. The van der Waals surface area contributed by atoms with Gasteiger partial charge >= 0.3 is 6.18 Å². The number of benzene rings is 2. The molecule has 0 unspecified atom stereocenters. The Kier molecular flexibility index (Phi) is 6.36. The van der Waals surface area contributed by atoms with E-state index in [-0.39, 0.29) is 17.9 Å². The summed E-state index contributed by atoms with van der Waals surface area (Å²) in [5.74, 6) is 0.243. The number of anilines is 1. The van der Waals surface area contributed by atoms with Crippen molar-refractivity contribution in [3.8, 4) is 11.4 Å². The molecule has 0 saturated carbocycles. The van der Waals surface area contributed by atoms with Gasteiger partial charge in [0, 0.05) is 6.54 Å². The zero-order valence-electron chi connectivity index (χ0n) is 16.3. The van der Waals surface area contributed by atoms with Gasteiger partial charge < -0.3 is 10.1 Å². The molecule has 0 aliphatic heterocycles. The van der Waals surface area contributed by atoms with Gasteiger partial charge in [0.25, 0.3) is 0 Å². The summed E-state index contributed by atoms with van der Waals surface area (Å²) in [6, 6.07) is 10.5. The number of carbonyl (C=O) groups is 1. The maximum absolute atomic E-state index is 13.1. The summed E-state index contributed by atoms with van der Waals surface area (Å²) in [5, 5.41) is 6.49. The van der Waals surface area contributed by atoms with Crippen molar-refractivity contribution in [2.24, 2.45) is 0 Å². The van der Waals surface area contributed by atoms with Crippen LogP contribution in [0.25, 0.3) is 5.69 Å². The molecule has 2 aromatic carbocycles. The highest BCUT2D eigenvalue weighted by molar-refractivity contribution is 5.94. The molecule has 3 rings (SSSR count). The fraction of sp³-hybridized carbons (Fsp3) is 0.250. The third kappa shape index (κ3) is 5.35. The van der Waals surface area contributed by atoms with Crippen molar-refractivity contribution in [2.75, 3.05) is 26.0 Å². The molecule has 1 amide bonds. The van der Waals surface area contributed by atoms with Gasteiger partial charge in [0.15, 0.2) is 0 Å². The molecule has 1 N–H and O–H groups in total. The summed E-state index contributed by atoms with van der Waals surface area (Å²) in [5.41, 5.74) is 0.345. The summed E-state index contributed by atoms with van der Waals surface area (Å²) in [6.07, 6.45) is -1.94. The first-order chi connectivity index (χ1) is 14.3. The third-order valence-corrected chi connectivity index (χ3v) is 4.26. The highest BCUT2D eigenvalue weighted by Gasteiger charge is 2.31. The Morgan fingerprint density at radius 1 is 1.23 bits per heavy atom. The van der Waals surface area contributed by atoms with E-state index >= 15 is 0 Å². The molecule has 0 radical (unpaired) electrons. The predicted molar refractivity (Wildman–Crippen MR) is 104 cm³/mol. The average Bonchev–Trinajstić information content (AvgIpc) is 3.21. The number of ether oxygens (including phenoxy) is 1. The van der Waals surface area contributed by atoms with E-state index in [0.717, 1.165) is 17.7 Å². The number of halogens is 3. The largest absolute Gasteiger partial charge is 0.497 e. The van der Waals surface area contributed by atoms with Gasteiger partial charge in [0.1, 0.15) is 18.4 Å². The second-order valence-corrected chi connectivity index (χ2v) is 6.64. The average molecular weight is 419 g/mol. The molecule has 30 heavy (non-hydrogen) atoms. The molecule has 10 heteroatoms. The van der Waals surface area contributed by atoms with Gasteiger partial charge in [-0.25, -0.2) is 9.67 Å². The second kappa shape index (κ2) is 8.95. The summed E-state index contributed by atoms with van der Waals surface area (Å²) in [7, 11) is 3.31. The van der Waals surface area contributed by atoms with Crippen molar-refractivity contribution in [1.29, 1.82) is 0 Å². The molecule has 0 saturated heterocycles. The van der Waals surface area contributed by atoms with E-state index < -0.39 is 17.6 Å². The van der Waals surface area contributed by atoms with Crippen LogP contribution in [0.1, 0.15) is 11.1 Å². The number of methoxy groups -OCH3 is 1. The van der Waals surface area contributed by atoms with Crippen LogP contribution in [0.3, 0.4) is 0 Å². The minimum Gasteiger partial charge on any atom is -0.497 e. The van der Waals surface area contributed by atoms with E-state index in [9.17, 15) is 18.0 Å². The zero-order valence-corrected chi connectivity index (χ0v) is 16.3. The van der Waals surface area contributed by atoms with Crippen LogP contribution >= 0.6 is 0 Å². The first-order valence-electron chi connectivity index (χ1n) is 8.94. The number of hydrogen-bond acceptors (Lipinski definition) is 5. The Balaban J connectivity index is 1.74. The number of hydrogen-bond donors (Lipinski definition) is 1. The summed E-state index contributed by atoms with van der Waals surface area (Å²) < 4.78 is 45.9. The molecule has 1 heterocycles. The minimum absolute atomic E-state index is 0.00453. The van der Waals surface area contributed by atoms with Crippen molar-refractivity contribution in [1.82, 2.24) is 19.7 Å². The fourth-order valence-corrected chi connectivity index (χ4v) is 2.92. The quantitative estimate of drug-likeness (QED) is 0.636. The van der Waals surface area contributed by atoms with Gasteiger partial charge in [0.05, 0.1) is 30.6 Å². The number of carbonyl (C=O) groups excluding carboxylic acids is 1. The van der Waals surface area contributed by atoms with E-state index in [1.54, 1.807) is 19.1 Å². The Labute approximate surface area is 171 Å². The van der Waals surface area contributed by atoms with Crippen molar-refractivity contribution in [3.63, 3.8) is 0 Å². The number of nitrogens with zero attached hydrogens (tertiary/aromatic N) is 4. The zero-order chi connectivity index (χ0) is 21.7. The van der Waals surface area contributed by atoms with Crippen LogP contribution < -0.4 is 10.1 Å². The predicted octanol–water partition coefficient (Wildman–Crippen LogP) is 3.37. The number of likely N-dealkylation sites (N-methyl/N-ethyl adjacent to an activating group) is 1. The first kappa shape index (κ1) is 21.3. The molecule has 7 nitrogen and oxygen atoms in total. The molecule has 3 aromatic rings. The number of rotatable bonds is 7. The molecule has 0 atom stereocenters. The molecule has 158 valence electrons. The highest BCUT2D eigenvalue weighted by Crippen LogP contribution is 2.33. The molecular weight excluding hydrogens is 399 g/mol. The van der Waals surface area contributed by atoms with Crippen molar-refractivity contribution in [3.05, 3.63) is 66.2 Å². The second-order valence-electron chi connectivity index (χ2n) is 6.64. The Morgan fingerprint density at radius 3 is 2.70 bits per heavy atom. The summed E-state index contributed by atoms with van der Waals surface area (Å²) >= 11 is 0. The van der Waals surface area contributed by atoms with E-state index in [2.05, 4.69) is 15.4 Å². The molecule has 0 aliphatic rings. The summed E-state index contributed by atoms with van der Waals surface area (Å²) in [6.45, 7) is 0.438. The third-order valence-electron chi connectivity index (χ3n) is 4.26. The minimum atomic E-state index is -4.54. The van der Waals surface area contributed by atoms with Gasteiger partial charge in [-0.2, -0.15) is 18.3 Å². The lowest BCUT2D eigenvalue weighted by molar-refractivity contribution is -0.137. The van der Waals surface area contributed by atoms with Gasteiger partial charge in [-0.05, 0) is 42.9 Å². The number of amides is 1. The van der Waals surface area contributed by atoms with Crippen LogP contribution in [0.15, 0.2) is 55.1 Å². The molecule has 0 bridgehead atoms. The van der Waals surface area contributed by atoms with Gasteiger partial charge in [-0.15, -0.1) is 0 Å². The van der Waals surface area contributed by atoms with Crippen molar-refractivity contribution < 1.29 is 22.7 Å². The van der Waals surface area contributed by atoms with Crippen LogP contribution in [0.2, 0.25) is 0 Å². The van der Waals surface area contributed by atoms with Crippen molar-refractivity contribution in [2.45, 2.75) is 12.7 Å². The summed E-state index contributed by atoms with van der Waals surface area (Å²) in [4.78, 5) is 18.1. The SMILES string of the molecule is COc1cccc(CN(C)CC(=O)Nc2cc(C(F)(F)F)ccc2-n2cncn2)c1. The van der Waals surface area contributed by atoms with Crippen LogP contribution in [-0.4, -0.2) is 46.3 Å². The first-order valence-corrected chi connectivity index (χ1v) is 8.94. The maximum Gasteiger partial charge on any atom is 0.416 e. The Hall–Kier alpha value is -3.40. The van der Waals surface area contributed by atoms with Crippen LogP contribution in [-0.2, 0) is 17.5 Å². The standard InChI is InChI=1S/C20H20F3N5O2/c1-27(10-14-4-3-5-16(8-14)30-2)11-19(29)26-17-9-15(20(21,22)23)6-7-18(17)28-13-24-12-25-28/h3-9,12-13H,10-11H2,1-2H3,(H,26,29). The van der Waals surface area contributed by atoms with Gasteiger partial charge in [0.2, 0.25) is 5.91 Å². The Bertz CT molecular complexity index is 1010. The van der Waals surface area contributed by atoms with E-state index in [1.807, 2.05) is 24.3 Å². The normalized spacial score (nSPS) is 11.5. The van der Waals surface area contributed by atoms with Crippen LogP contribution in [0, 0.1) is 0 Å². The van der Waals surface area contributed by atoms with Gasteiger partial charge in [-0.1, -0.05) is 12.1 Å². The molecule has 0 spiro atoms. The molecule has 1 aromatic heterocycles. The smallest absolute Gasteiger partial charge is 0.416 e. The lowest BCUT2D eigenvalue weighted by Crippen LogP contribution is -2.30. The van der Waals surface area contributed by atoms with Crippen LogP contribution in [0.4, 0.5) is 18.9 Å². The van der Waals surface area contributed by atoms with Crippen LogP contribution in [0.5, 0.6) is 5.75 Å². The number of alkyl halides is 3. The molecule has 0 fully saturated rings. The Morgan fingerprint density at radius 2 is 2.03 bits per heavy atom. The monoisotopic (exact) mass is 419 g/mol. The molecule has 0 aliphatic carbocycles. The lowest BCUT2D eigenvalue weighted by Gasteiger charge is -2.18. The highest BCUT2D eigenvalue weighted by atomic mass is 19.4. The van der Waals surface area contributed by atoms with E-state index in [4.69, 9.17) is 4.74 Å². The number of nitrogens with one attached hydrogen (secondary N) is 1. The van der Waals surface area contributed by atoms with Crippen molar-refractivity contribution >= 4 is 11.6 Å². The van der Waals surface area contributed by atoms with E-state index in [1.165, 1.54) is 23.4 Å². The molecular formula is C20H20F3N5O2. The van der Waals surface area contributed by atoms with E-state index in [0.29, 0.717) is 12.3 Å².